The van der Waals surface area contributed by atoms with Crippen LogP contribution < -0.4 is 19.5 Å². The maximum atomic E-state index is 12.5. The van der Waals surface area contributed by atoms with Crippen molar-refractivity contribution in [3.8, 4) is 17.2 Å². The van der Waals surface area contributed by atoms with Crippen LogP contribution in [0, 0.1) is 0 Å². The number of ether oxygens (including phenoxy) is 3. The van der Waals surface area contributed by atoms with Gasteiger partial charge >= 0.3 is 0 Å². The molecular weight excluding hydrogens is 370 g/mol. The van der Waals surface area contributed by atoms with Crippen LogP contribution in [0.4, 0.5) is 0 Å². The van der Waals surface area contributed by atoms with Gasteiger partial charge in [-0.1, -0.05) is 24.3 Å². The number of hydrogen-bond donors (Lipinski definition) is 1. The van der Waals surface area contributed by atoms with Crippen LogP contribution in [0.3, 0.4) is 0 Å². The number of rotatable bonds is 9. The van der Waals surface area contributed by atoms with E-state index in [1.165, 1.54) is 0 Å². The molecule has 6 heteroatoms. The van der Waals surface area contributed by atoms with Crippen molar-refractivity contribution in [1.82, 2.24) is 5.32 Å². The van der Waals surface area contributed by atoms with Crippen LogP contribution >= 0.6 is 0 Å². The highest BCUT2D eigenvalue weighted by molar-refractivity contribution is 5.91. The number of hydrogen-bond acceptors (Lipinski definition) is 5. The smallest absolute Gasteiger partial charge is 0.287 e. The Morgan fingerprint density at radius 3 is 2.41 bits per heavy atom. The molecule has 152 valence electrons. The second-order valence-electron chi connectivity index (χ2n) is 6.40. The minimum absolute atomic E-state index is 0.170. The van der Waals surface area contributed by atoms with Crippen LogP contribution in [-0.2, 0) is 6.61 Å². The van der Waals surface area contributed by atoms with Gasteiger partial charge in [0.05, 0.1) is 19.8 Å². The second kappa shape index (κ2) is 9.68. The first-order valence-corrected chi connectivity index (χ1v) is 9.49. The lowest BCUT2D eigenvalue weighted by Gasteiger charge is -2.14. The van der Waals surface area contributed by atoms with Gasteiger partial charge < -0.3 is 23.9 Å². The fourth-order valence-electron chi connectivity index (χ4n) is 2.83. The third-order valence-electron chi connectivity index (χ3n) is 4.36. The molecule has 0 saturated heterocycles. The molecule has 3 aromatic rings. The molecule has 3 rings (SSSR count). The van der Waals surface area contributed by atoms with E-state index >= 15 is 0 Å². The highest BCUT2D eigenvalue weighted by Gasteiger charge is 2.16. The van der Waals surface area contributed by atoms with E-state index in [9.17, 15) is 4.79 Å². The standard InChI is InChI=1S/C23H25NO5/c1-4-27-18-11-9-17(10-12-18)16(2)24-23(25)22-14-13-19(29-22)15-28-21-8-6-5-7-20(21)26-3/h5-14,16H,4,15H2,1-3H3,(H,24,25). The molecule has 0 bridgehead atoms. The summed E-state index contributed by atoms with van der Waals surface area (Å²) in [4.78, 5) is 12.5. The van der Waals surface area contributed by atoms with E-state index in [-0.39, 0.29) is 24.3 Å². The summed E-state index contributed by atoms with van der Waals surface area (Å²) in [6, 6.07) is 18.2. The molecule has 2 aromatic carbocycles. The zero-order chi connectivity index (χ0) is 20.6. The monoisotopic (exact) mass is 395 g/mol. The quantitative estimate of drug-likeness (QED) is 0.566. The Kier molecular flexibility index (Phi) is 6.79. The Morgan fingerprint density at radius 2 is 1.72 bits per heavy atom. The van der Waals surface area contributed by atoms with Crippen LogP contribution in [0.25, 0.3) is 0 Å². The number of benzene rings is 2. The van der Waals surface area contributed by atoms with Crippen LogP contribution in [0.15, 0.2) is 65.1 Å². The lowest BCUT2D eigenvalue weighted by molar-refractivity contribution is 0.0907. The molecule has 1 heterocycles. The van der Waals surface area contributed by atoms with Gasteiger partial charge in [-0.3, -0.25) is 4.79 Å². The van der Waals surface area contributed by atoms with Gasteiger partial charge in [0.25, 0.3) is 5.91 Å². The first kappa shape index (κ1) is 20.3. The van der Waals surface area contributed by atoms with Crippen LogP contribution in [-0.4, -0.2) is 19.6 Å². The number of carbonyl (C=O) groups excluding carboxylic acids is 1. The Morgan fingerprint density at radius 1 is 1.00 bits per heavy atom. The summed E-state index contributed by atoms with van der Waals surface area (Å²) < 4.78 is 22.1. The van der Waals surface area contributed by atoms with Gasteiger partial charge in [0.15, 0.2) is 17.3 Å². The van der Waals surface area contributed by atoms with E-state index in [0.717, 1.165) is 11.3 Å². The molecule has 0 aliphatic heterocycles. The minimum atomic E-state index is -0.282. The minimum Gasteiger partial charge on any atom is -0.494 e. The summed E-state index contributed by atoms with van der Waals surface area (Å²) in [5, 5.41) is 2.93. The predicted molar refractivity (Wildman–Crippen MR) is 110 cm³/mol. The van der Waals surface area contributed by atoms with Crippen molar-refractivity contribution >= 4 is 5.91 Å². The maximum absolute atomic E-state index is 12.5. The molecule has 1 atom stereocenters. The molecule has 0 saturated carbocycles. The van der Waals surface area contributed by atoms with Crippen molar-refractivity contribution < 1.29 is 23.4 Å². The first-order valence-electron chi connectivity index (χ1n) is 9.49. The van der Waals surface area contributed by atoms with E-state index in [4.69, 9.17) is 18.6 Å². The van der Waals surface area contributed by atoms with E-state index in [2.05, 4.69) is 5.32 Å². The van der Waals surface area contributed by atoms with Crippen molar-refractivity contribution in [2.75, 3.05) is 13.7 Å². The van der Waals surface area contributed by atoms with Gasteiger partial charge in [-0.25, -0.2) is 0 Å². The number of para-hydroxylation sites is 2. The third kappa shape index (κ3) is 5.31. The molecule has 1 N–H and O–H groups in total. The summed E-state index contributed by atoms with van der Waals surface area (Å²) >= 11 is 0. The van der Waals surface area contributed by atoms with Crippen LogP contribution in [0.5, 0.6) is 17.2 Å². The predicted octanol–water partition coefficient (Wildman–Crippen LogP) is 4.76. The molecule has 0 aliphatic rings. The molecule has 1 amide bonds. The Labute approximate surface area is 170 Å². The van der Waals surface area contributed by atoms with E-state index in [0.29, 0.717) is 23.9 Å². The summed E-state index contributed by atoms with van der Waals surface area (Å²) in [6.07, 6.45) is 0. The normalized spacial score (nSPS) is 11.6. The summed E-state index contributed by atoms with van der Waals surface area (Å²) in [5.41, 5.74) is 0.980. The lowest BCUT2D eigenvalue weighted by atomic mass is 10.1. The highest BCUT2D eigenvalue weighted by atomic mass is 16.5. The van der Waals surface area contributed by atoms with Crippen LogP contribution in [0.2, 0.25) is 0 Å². The molecule has 6 nitrogen and oxygen atoms in total. The number of carbonyl (C=O) groups is 1. The number of furan rings is 1. The third-order valence-corrected chi connectivity index (χ3v) is 4.36. The Balaban J connectivity index is 1.57. The maximum Gasteiger partial charge on any atom is 0.287 e. The van der Waals surface area contributed by atoms with Crippen molar-refractivity contribution in [3.63, 3.8) is 0 Å². The topological polar surface area (TPSA) is 69.9 Å². The lowest BCUT2D eigenvalue weighted by Crippen LogP contribution is -2.26. The van der Waals surface area contributed by atoms with Gasteiger partial charge in [0.1, 0.15) is 18.1 Å². The number of methoxy groups -OCH3 is 1. The molecule has 0 aliphatic carbocycles. The van der Waals surface area contributed by atoms with Gasteiger partial charge in [-0.2, -0.15) is 0 Å². The molecule has 0 radical (unpaired) electrons. The van der Waals surface area contributed by atoms with Crippen LogP contribution in [0.1, 0.15) is 41.8 Å². The van der Waals surface area contributed by atoms with Crippen molar-refractivity contribution in [3.05, 3.63) is 77.7 Å². The van der Waals surface area contributed by atoms with E-state index < -0.39 is 0 Å². The summed E-state index contributed by atoms with van der Waals surface area (Å²) in [7, 11) is 1.59. The molecule has 1 aromatic heterocycles. The zero-order valence-electron chi connectivity index (χ0n) is 16.8. The summed E-state index contributed by atoms with van der Waals surface area (Å²) in [6.45, 7) is 4.67. The molecule has 29 heavy (non-hydrogen) atoms. The number of nitrogens with one attached hydrogen (secondary N) is 1. The van der Waals surface area contributed by atoms with Gasteiger partial charge in [-0.15, -0.1) is 0 Å². The van der Waals surface area contributed by atoms with Crippen molar-refractivity contribution in [2.24, 2.45) is 0 Å². The van der Waals surface area contributed by atoms with Gasteiger partial charge in [0, 0.05) is 0 Å². The average molecular weight is 395 g/mol. The van der Waals surface area contributed by atoms with Crippen molar-refractivity contribution in [2.45, 2.75) is 26.5 Å². The Hall–Kier alpha value is -3.41. The van der Waals surface area contributed by atoms with Gasteiger partial charge in [0.2, 0.25) is 0 Å². The second-order valence-corrected chi connectivity index (χ2v) is 6.40. The molecule has 0 spiro atoms. The highest BCUT2D eigenvalue weighted by Crippen LogP contribution is 2.27. The molecular formula is C23H25NO5. The largest absolute Gasteiger partial charge is 0.494 e. The van der Waals surface area contributed by atoms with Crippen molar-refractivity contribution in [1.29, 1.82) is 0 Å². The fraction of sp³-hybridized carbons (Fsp3) is 0.261. The molecule has 0 fully saturated rings. The summed E-state index contributed by atoms with van der Waals surface area (Å²) in [5.74, 6) is 2.56. The Bertz CT molecular complexity index is 932. The first-order chi connectivity index (χ1) is 14.1. The van der Waals surface area contributed by atoms with E-state index in [1.54, 1.807) is 19.2 Å². The fourth-order valence-corrected chi connectivity index (χ4v) is 2.83. The zero-order valence-corrected chi connectivity index (χ0v) is 16.8. The number of amides is 1. The average Bonchev–Trinajstić information content (AvgIpc) is 3.22. The van der Waals surface area contributed by atoms with Gasteiger partial charge in [-0.05, 0) is 55.8 Å². The SMILES string of the molecule is CCOc1ccc(C(C)NC(=O)c2ccc(COc3ccccc3OC)o2)cc1. The molecule has 1 unspecified atom stereocenters. The van der Waals surface area contributed by atoms with E-state index in [1.807, 2.05) is 62.4 Å².